The molecule has 8 heteroatoms. The molecule has 1 amide bonds. The van der Waals surface area contributed by atoms with E-state index in [0.29, 0.717) is 37.0 Å². The number of nitrogens with zero attached hydrogens (tertiary/aromatic N) is 4. The van der Waals surface area contributed by atoms with Crippen LogP contribution in [0, 0.1) is 0 Å². The Labute approximate surface area is 172 Å². The third-order valence-corrected chi connectivity index (χ3v) is 7.42. The van der Waals surface area contributed by atoms with Crippen LogP contribution in [-0.2, 0) is 21.9 Å². The Hall–Kier alpha value is -2.45. The number of aryl methyl sites for hydroxylation is 1. The van der Waals surface area contributed by atoms with Gasteiger partial charge in [-0.2, -0.15) is 9.40 Å². The summed E-state index contributed by atoms with van der Waals surface area (Å²) in [6.45, 7) is 5.57. The molecule has 29 heavy (non-hydrogen) atoms. The summed E-state index contributed by atoms with van der Waals surface area (Å²) in [7, 11) is -1.74. The first-order chi connectivity index (χ1) is 13.8. The largest absolute Gasteiger partial charge is 0.337 e. The quantitative estimate of drug-likeness (QED) is 0.678. The Morgan fingerprint density at radius 1 is 1.14 bits per heavy atom. The van der Waals surface area contributed by atoms with E-state index in [0.717, 1.165) is 17.7 Å². The van der Waals surface area contributed by atoms with Crippen molar-refractivity contribution >= 4 is 22.0 Å². The molecule has 0 N–H and O–H groups in total. The van der Waals surface area contributed by atoms with E-state index in [4.69, 9.17) is 0 Å². The summed E-state index contributed by atoms with van der Waals surface area (Å²) in [5.74, 6) is 0.280. The smallest absolute Gasteiger partial charge is 0.246 e. The molecule has 0 spiro atoms. The molecular weight excluding hydrogens is 388 g/mol. The average molecular weight is 417 g/mol. The van der Waals surface area contributed by atoms with Gasteiger partial charge < -0.3 is 4.90 Å². The van der Waals surface area contributed by atoms with Crippen LogP contribution in [-0.4, -0.2) is 59.5 Å². The minimum atomic E-state index is -3.55. The zero-order valence-corrected chi connectivity index (χ0v) is 18.0. The maximum absolute atomic E-state index is 12.9. The minimum Gasteiger partial charge on any atom is -0.337 e. The highest BCUT2D eigenvalue weighted by molar-refractivity contribution is 7.89. The van der Waals surface area contributed by atoms with Crippen molar-refractivity contribution in [2.75, 3.05) is 26.2 Å². The van der Waals surface area contributed by atoms with E-state index in [1.165, 1.54) is 10.4 Å². The lowest BCUT2D eigenvalue weighted by Gasteiger charge is -2.33. The third-order valence-electron chi connectivity index (χ3n) is 5.51. The van der Waals surface area contributed by atoms with Crippen LogP contribution < -0.4 is 0 Å². The maximum atomic E-state index is 12.9. The number of carbonyl (C=O) groups is 1. The summed E-state index contributed by atoms with van der Waals surface area (Å²) in [5.41, 5.74) is 1.97. The number of hydrogen-bond donors (Lipinski definition) is 0. The molecule has 0 bridgehead atoms. The summed E-state index contributed by atoms with van der Waals surface area (Å²) in [6.07, 6.45) is 5.91. The van der Waals surface area contributed by atoms with E-state index in [-0.39, 0.29) is 5.91 Å². The fraction of sp³-hybridized carbons (Fsp3) is 0.429. The molecule has 2 heterocycles. The molecule has 3 rings (SSSR count). The summed E-state index contributed by atoms with van der Waals surface area (Å²) in [5, 5.41) is 4.06. The minimum absolute atomic E-state index is 0.124. The van der Waals surface area contributed by atoms with E-state index < -0.39 is 10.0 Å². The molecule has 1 saturated heterocycles. The van der Waals surface area contributed by atoms with Gasteiger partial charge in [-0.25, -0.2) is 8.42 Å². The number of sulfonamides is 1. The van der Waals surface area contributed by atoms with Gasteiger partial charge >= 0.3 is 0 Å². The molecule has 0 radical (unpaired) electrons. The highest BCUT2D eigenvalue weighted by Crippen LogP contribution is 2.23. The lowest BCUT2D eigenvalue weighted by molar-refractivity contribution is -0.127. The van der Waals surface area contributed by atoms with Gasteiger partial charge in [0.05, 0.1) is 10.6 Å². The normalized spacial score (nSPS) is 17.0. The predicted octanol–water partition coefficient (Wildman–Crippen LogP) is 2.48. The molecule has 1 aliphatic rings. The zero-order chi connectivity index (χ0) is 21.0. The summed E-state index contributed by atoms with van der Waals surface area (Å²) in [6, 6.07) is 8.98. The van der Waals surface area contributed by atoms with Crippen LogP contribution in [0.3, 0.4) is 0 Å². The van der Waals surface area contributed by atoms with Gasteiger partial charge in [0.2, 0.25) is 15.9 Å². The molecule has 156 valence electrons. The van der Waals surface area contributed by atoms with E-state index in [9.17, 15) is 13.2 Å². The van der Waals surface area contributed by atoms with Gasteiger partial charge in [0, 0.05) is 45.5 Å². The van der Waals surface area contributed by atoms with E-state index in [1.807, 2.05) is 25.2 Å². The lowest BCUT2D eigenvalue weighted by Crippen LogP contribution is -2.50. The van der Waals surface area contributed by atoms with Crippen molar-refractivity contribution in [3.63, 3.8) is 0 Å². The van der Waals surface area contributed by atoms with E-state index in [1.54, 1.807) is 34.0 Å². The van der Waals surface area contributed by atoms with Gasteiger partial charge in [-0.3, -0.25) is 9.48 Å². The van der Waals surface area contributed by atoms with Crippen LogP contribution in [0.4, 0.5) is 0 Å². The summed E-state index contributed by atoms with van der Waals surface area (Å²) < 4.78 is 29.0. The van der Waals surface area contributed by atoms with Crippen molar-refractivity contribution in [1.29, 1.82) is 0 Å². The van der Waals surface area contributed by atoms with Gasteiger partial charge in [0.15, 0.2) is 0 Å². The number of piperazine rings is 1. The maximum Gasteiger partial charge on any atom is 0.246 e. The molecule has 1 atom stereocenters. The third kappa shape index (κ3) is 4.76. The number of carbonyl (C=O) groups excluding carboxylic acids is 1. The Kier molecular flexibility index (Phi) is 6.54. The van der Waals surface area contributed by atoms with Gasteiger partial charge in [-0.05, 0) is 42.2 Å². The number of aromatic nitrogens is 2. The van der Waals surface area contributed by atoms with Gasteiger partial charge in [-0.1, -0.05) is 26.0 Å². The highest BCUT2D eigenvalue weighted by Gasteiger charge is 2.29. The number of benzene rings is 1. The number of amides is 1. The molecule has 1 aliphatic heterocycles. The zero-order valence-electron chi connectivity index (χ0n) is 17.2. The lowest BCUT2D eigenvalue weighted by atomic mass is 9.99. The van der Waals surface area contributed by atoms with Crippen molar-refractivity contribution in [3.05, 3.63) is 53.9 Å². The second kappa shape index (κ2) is 8.92. The topological polar surface area (TPSA) is 75.5 Å². The average Bonchev–Trinajstić information content (AvgIpc) is 3.16. The fourth-order valence-corrected chi connectivity index (χ4v) is 4.73. The molecule has 7 nitrogen and oxygen atoms in total. The van der Waals surface area contributed by atoms with E-state index in [2.05, 4.69) is 18.9 Å². The van der Waals surface area contributed by atoms with Gasteiger partial charge in [0.25, 0.3) is 0 Å². The van der Waals surface area contributed by atoms with Crippen LogP contribution in [0.25, 0.3) is 6.08 Å². The van der Waals surface area contributed by atoms with Crippen LogP contribution >= 0.6 is 0 Å². The Morgan fingerprint density at radius 3 is 2.34 bits per heavy atom. The van der Waals surface area contributed by atoms with Crippen molar-refractivity contribution in [2.24, 2.45) is 7.05 Å². The molecule has 1 aromatic carbocycles. The first-order valence-electron chi connectivity index (χ1n) is 9.88. The molecule has 1 unspecified atom stereocenters. The van der Waals surface area contributed by atoms with Crippen LogP contribution in [0.5, 0.6) is 0 Å². The first kappa shape index (κ1) is 21.3. The van der Waals surface area contributed by atoms with Crippen LogP contribution in [0.2, 0.25) is 0 Å². The molecular formula is C21H28N4O3S. The SMILES string of the molecule is CCC(C)c1ccc(S(=O)(=O)N2CCN(C(=O)/C=C/c3ccnn3C)CC2)cc1. The predicted molar refractivity (Wildman–Crippen MR) is 113 cm³/mol. The van der Waals surface area contributed by atoms with Crippen molar-refractivity contribution in [2.45, 2.75) is 31.1 Å². The first-order valence-corrected chi connectivity index (χ1v) is 11.3. The Morgan fingerprint density at radius 2 is 1.79 bits per heavy atom. The molecule has 1 aromatic heterocycles. The standard InChI is InChI=1S/C21H28N4O3S/c1-4-17(2)18-5-8-20(9-6-18)29(27,28)25-15-13-24(14-16-25)21(26)10-7-19-11-12-22-23(19)3/h5-12,17H,4,13-16H2,1-3H3/b10-7+. The second-order valence-corrected chi connectivity index (χ2v) is 9.26. The monoisotopic (exact) mass is 416 g/mol. The van der Waals surface area contributed by atoms with Crippen molar-refractivity contribution < 1.29 is 13.2 Å². The Bertz CT molecular complexity index is 972. The van der Waals surface area contributed by atoms with Crippen LogP contribution in [0.15, 0.2) is 47.5 Å². The molecule has 1 fully saturated rings. The molecule has 0 aliphatic carbocycles. The van der Waals surface area contributed by atoms with Crippen LogP contribution in [0.1, 0.15) is 37.4 Å². The van der Waals surface area contributed by atoms with Gasteiger partial charge in [-0.15, -0.1) is 0 Å². The Balaban J connectivity index is 1.61. The summed E-state index contributed by atoms with van der Waals surface area (Å²) >= 11 is 0. The second-order valence-electron chi connectivity index (χ2n) is 7.32. The fourth-order valence-electron chi connectivity index (χ4n) is 3.31. The van der Waals surface area contributed by atoms with Gasteiger partial charge in [0.1, 0.15) is 0 Å². The van der Waals surface area contributed by atoms with Crippen molar-refractivity contribution in [3.8, 4) is 0 Å². The number of hydrogen-bond acceptors (Lipinski definition) is 4. The summed E-state index contributed by atoms with van der Waals surface area (Å²) in [4.78, 5) is 14.4. The van der Waals surface area contributed by atoms with Crippen molar-refractivity contribution in [1.82, 2.24) is 19.0 Å². The highest BCUT2D eigenvalue weighted by atomic mass is 32.2. The molecule has 2 aromatic rings. The molecule has 0 saturated carbocycles. The van der Waals surface area contributed by atoms with E-state index >= 15 is 0 Å². The number of rotatable bonds is 6.